The van der Waals surface area contributed by atoms with Crippen LogP contribution in [0.4, 0.5) is 0 Å². The molecule has 1 heterocycles. The lowest BCUT2D eigenvalue weighted by molar-refractivity contribution is 0.0689. The molecule has 0 bridgehead atoms. The first kappa shape index (κ1) is 12.4. The minimum absolute atomic E-state index is 0.0745. The lowest BCUT2D eigenvalue weighted by atomic mass is 10.1. The number of aromatic carboxylic acids is 1. The lowest BCUT2D eigenvalue weighted by Gasteiger charge is -2.06. The van der Waals surface area contributed by atoms with Crippen LogP contribution >= 0.6 is 0 Å². The van der Waals surface area contributed by atoms with Crippen LogP contribution in [-0.4, -0.2) is 27.9 Å². The summed E-state index contributed by atoms with van der Waals surface area (Å²) in [4.78, 5) is 10.5. The molecule has 0 spiro atoms. The predicted octanol–water partition coefficient (Wildman–Crippen LogP) is 1.99. The summed E-state index contributed by atoms with van der Waals surface area (Å²) < 4.78 is 5.32. The van der Waals surface area contributed by atoms with Crippen molar-refractivity contribution in [2.24, 2.45) is 5.92 Å². The van der Waals surface area contributed by atoms with E-state index in [-0.39, 0.29) is 5.69 Å². The molecule has 0 aliphatic heterocycles. The van der Waals surface area contributed by atoms with Gasteiger partial charge in [-0.1, -0.05) is 13.8 Å². The average Bonchev–Trinajstić information content (AvgIpc) is 2.25. The fraction of sp³-hybridized carbons (Fsp3) is 0.545. The van der Waals surface area contributed by atoms with E-state index >= 15 is 0 Å². The predicted molar refractivity (Wildman–Crippen MR) is 58.6 cm³/mol. The van der Waals surface area contributed by atoms with Crippen molar-refractivity contribution in [1.82, 2.24) is 10.2 Å². The number of rotatable bonds is 6. The van der Waals surface area contributed by atoms with Gasteiger partial charge in [-0.25, -0.2) is 4.79 Å². The molecule has 5 nitrogen and oxygen atoms in total. The summed E-state index contributed by atoms with van der Waals surface area (Å²) in [5.41, 5.74) is -0.0745. The number of carbonyl (C=O) groups is 1. The molecule has 0 atom stereocenters. The third-order valence-corrected chi connectivity index (χ3v) is 2.03. The van der Waals surface area contributed by atoms with Crippen LogP contribution in [0.1, 0.15) is 37.2 Å². The molecule has 0 fully saturated rings. The number of ether oxygens (including phenoxy) is 1. The van der Waals surface area contributed by atoms with Gasteiger partial charge in [-0.15, -0.1) is 10.2 Å². The highest BCUT2D eigenvalue weighted by molar-refractivity contribution is 5.84. The zero-order valence-electron chi connectivity index (χ0n) is 9.51. The van der Waals surface area contributed by atoms with Crippen LogP contribution in [0.25, 0.3) is 0 Å². The quantitative estimate of drug-likeness (QED) is 0.748. The van der Waals surface area contributed by atoms with Gasteiger partial charge in [0.1, 0.15) is 0 Å². The second kappa shape index (κ2) is 6.05. The molecule has 1 aromatic rings. The second-order valence-corrected chi connectivity index (χ2v) is 3.95. The second-order valence-electron chi connectivity index (χ2n) is 3.95. The third-order valence-electron chi connectivity index (χ3n) is 2.03. The van der Waals surface area contributed by atoms with Gasteiger partial charge in [0.15, 0.2) is 5.69 Å². The van der Waals surface area contributed by atoms with Crippen molar-refractivity contribution < 1.29 is 14.6 Å². The Hall–Kier alpha value is -1.65. The first-order chi connectivity index (χ1) is 7.59. The fourth-order valence-corrected chi connectivity index (χ4v) is 1.18. The van der Waals surface area contributed by atoms with Crippen LogP contribution in [0.2, 0.25) is 0 Å². The number of hydrogen-bond donors (Lipinski definition) is 1. The number of carboxylic acids is 1. The zero-order valence-corrected chi connectivity index (χ0v) is 9.51. The molecule has 1 aromatic heterocycles. The topological polar surface area (TPSA) is 72.3 Å². The Morgan fingerprint density at radius 1 is 1.44 bits per heavy atom. The van der Waals surface area contributed by atoms with Gasteiger partial charge >= 0.3 is 5.97 Å². The largest absolute Gasteiger partial charge is 0.477 e. The van der Waals surface area contributed by atoms with Gasteiger partial charge in [0.05, 0.1) is 6.61 Å². The third kappa shape index (κ3) is 4.25. The summed E-state index contributed by atoms with van der Waals surface area (Å²) in [6.07, 6.45) is 2.06. The molecule has 5 heteroatoms. The minimum atomic E-state index is -1.08. The van der Waals surface area contributed by atoms with Crippen molar-refractivity contribution in [1.29, 1.82) is 0 Å². The maximum atomic E-state index is 10.5. The van der Waals surface area contributed by atoms with E-state index in [4.69, 9.17) is 9.84 Å². The summed E-state index contributed by atoms with van der Waals surface area (Å²) >= 11 is 0. The Bertz CT molecular complexity index is 336. The van der Waals surface area contributed by atoms with E-state index in [1.807, 2.05) is 0 Å². The van der Waals surface area contributed by atoms with Gasteiger partial charge in [0, 0.05) is 6.07 Å². The maximum Gasteiger partial charge on any atom is 0.356 e. The Morgan fingerprint density at radius 2 is 2.19 bits per heavy atom. The summed E-state index contributed by atoms with van der Waals surface area (Å²) in [6.45, 7) is 4.89. The molecule has 0 radical (unpaired) electrons. The maximum absolute atomic E-state index is 10.5. The molecule has 0 amide bonds. The van der Waals surface area contributed by atoms with E-state index in [0.717, 1.165) is 12.8 Å². The normalized spacial score (nSPS) is 10.4. The van der Waals surface area contributed by atoms with Gasteiger partial charge < -0.3 is 9.84 Å². The van der Waals surface area contributed by atoms with Crippen molar-refractivity contribution in [2.75, 3.05) is 6.61 Å². The van der Waals surface area contributed by atoms with Crippen LogP contribution in [-0.2, 0) is 0 Å². The highest BCUT2D eigenvalue weighted by Crippen LogP contribution is 2.08. The molecule has 0 unspecified atom stereocenters. The first-order valence-corrected chi connectivity index (χ1v) is 5.29. The highest BCUT2D eigenvalue weighted by Gasteiger charge is 2.05. The number of hydrogen-bond acceptors (Lipinski definition) is 4. The monoisotopic (exact) mass is 224 g/mol. The van der Waals surface area contributed by atoms with Gasteiger partial charge in [0.25, 0.3) is 0 Å². The molecule has 0 saturated heterocycles. The molecule has 1 rings (SSSR count). The zero-order chi connectivity index (χ0) is 12.0. The fourth-order valence-electron chi connectivity index (χ4n) is 1.18. The Kier molecular flexibility index (Phi) is 4.69. The molecular formula is C11H16N2O3. The van der Waals surface area contributed by atoms with Crippen LogP contribution in [0.15, 0.2) is 12.1 Å². The summed E-state index contributed by atoms with van der Waals surface area (Å²) in [5, 5.41) is 15.8. The van der Waals surface area contributed by atoms with Crippen molar-refractivity contribution in [2.45, 2.75) is 26.7 Å². The Balaban J connectivity index is 2.35. The molecule has 0 aromatic carbocycles. The van der Waals surface area contributed by atoms with Crippen molar-refractivity contribution >= 4 is 5.97 Å². The number of nitrogens with zero attached hydrogens (tertiary/aromatic N) is 2. The van der Waals surface area contributed by atoms with Gasteiger partial charge in [0.2, 0.25) is 5.88 Å². The van der Waals surface area contributed by atoms with Crippen molar-refractivity contribution in [3.8, 4) is 5.88 Å². The Morgan fingerprint density at radius 3 is 2.69 bits per heavy atom. The van der Waals surface area contributed by atoms with Crippen LogP contribution in [0, 0.1) is 5.92 Å². The lowest BCUT2D eigenvalue weighted by Crippen LogP contribution is -2.05. The Labute approximate surface area is 94.5 Å². The molecule has 1 N–H and O–H groups in total. The number of aromatic nitrogens is 2. The molecular weight excluding hydrogens is 208 g/mol. The van der Waals surface area contributed by atoms with E-state index in [1.54, 1.807) is 0 Å². The van der Waals surface area contributed by atoms with Crippen molar-refractivity contribution in [3.05, 3.63) is 17.8 Å². The molecule has 0 aliphatic rings. The van der Waals surface area contributed by atoms with Crippen LogP contribution in [0.5, 0.6) is 5.88 Å². The van der Waals surface area contributed by atoms with Crippen LogP contribution < -0.4 is 4.74 Å². The van der Waals surface area contributed by atoms with Gasteiger partial charge in [-0.2, -0.15) is 0 Å². The number of carboxylic acid groups (broad SMARTS) is 1. The molecule has 0 saturated carbocycles. The van der Waals surface area contributed by atoms with E-state index in [9.17, 15) is 4.79 Å². The standard InChI is InChI=1S/C11H16N2O3/c1-8(2)4-3-7-16-10-6-5-9(11(14)15)12-13-10/h5-6,8H,3-4,7H2,1-2H3,(H,14,15). The summed E-state index contributed by atoms with van der Waals surface area (Å²) in [6, 6.07) is 2.90. The molecule has 88 valence electrons. The molecule has 0 aliphatic carbocycles. The van der Waals surface area contributed by atoms with Gasteiger partial charge in [-0.05, 0) is 24.8 Å². The highest BCUT2D eigenvalue weighted by atomic mass is 16.5. The summed E-state index contributed by atoms with van der Waals surface area (Å²) in [5.74, 6) is -0.0586. The van der Waals surface area contributed by atoms with E-state index < -0.39 is 5.97 Å². The van der Waals surface area contributed by atoms with E-state index in [2.05, 4.69) is 24.0 Å². The van der Waals surface area contributed by atoms with E-state index in [0.29, 0.717) is 18.4 Å². The van der Waals surface area contributed by atoms with E-state index in [1.165, 1.54) is 12.1 Å². The van der Waals surface area contributed by atoms with Crippen LogP contribution in [0.3, 0.4) is 0 Å². The average molecular weight is 224 g/mol. The molecule has 16 heavy (non-hydrogen) atoms. The minimum Gasteiger partial charge on any atom is -0.477 e. The SMILES string of the molecule is CC(C)CCCOc1ccc(C(=O)O)nn1. The van der Waals surface area contributed by atoms with Gasteiger partial charge in [-0.3, -0.25) is 0 Å². The smallest absolute Gasteiger partial charge is 0.356 e. The van der Waals surface area contributed by atoms with Crippen molar-refractivity contribution in [3.63, 3.8) is 0 Å². The summed E-state index contributed by atoms with van der Waals surface area (Å²) in [7, 11) is 0. The first-order valence-electron chi connectivity index (χ1n) is 5.29.